The van der Waals surface area contributed by atoms with E-state index in [9.17, 15) is 0 Å². The third-order valence-corrected chi connectivity index (χ3v) is 5.99. The van der Waals surface area contributed by atoms with Gasteiger partial charge in [0.15, 0.2) is 0 Å². The van der Waals surface area contributed by atoms with Gasteiger partial charge in [-0.25, -0.2) is 0 Å². The van der Waals surface area contributed by atoms with E-state index in [0.29, 0.717) is 0 Å². The molecule has 0 saturated carbocycles. The molecule has 184 valence electrons. The molecule has 2 aromatic rings. The van der Waals surface area contributed by atoms with Crippen molar-refractivity contribution < 1.29 is 16.5 Å². The van der Waals surface area contributed by atoms with Gasteiger partial charge in [0.25, 0.3) is 0 Å². The summed E-state index contributed by atoms with van der Waals surface area (Å²) in [6, 6.07) is 13.5. The third kappa shape index (κ3) is 8.86. The molecule has 0 amide bonds. The summed E-state index contributed by atoms with van der Waals surface area (Å²) in [6.07, 6.45) is 11.0. The van der Waals surface area contributed by atoms with Gasteiger partial charge in [-0.1, -0.05) is 79.4 Å². The first-order valence-electron chi connectivity index (χ1n) is 13.0. The molecule has 0 aliphatic carbocycles. The quantitative estimate of drug-likeness (QED) is 0.197. The van der Waals surface area contributed by atoms with Gasteiger partial charge >= 0.3 is 0 Å². The fourth-order valence-electron chi connectivity index (χ4n) is 4.40. The van der Waals surface area contributed by atoms with Crippen LogP contribution in [-0.4, -0.2) is 11.4 Å². The third-order valence-electron chi connectivity index (χ3n) is 5.99. The molecular formula is C30H44N2Ni. The fraction of sp³-hybridized carbons (Fsp3) is 0.533. The number of nitrogens with zero attached hydrogens (tertiary/aromatic N) is 2. The zero-order valence-corrected chi connectivity index (χ0v) is 22.7. The molecule has 0 aromatic heterocycles. The van der Waals surface area contributed by atoms with Crippen LogP contribution >= 0.6 is 0 Å². The van der Waals surface area contributed by atoms with Crippen molar-refractivity contribution >= 4 is 22.8 Å². The van der Waals surface area contributed by atoms with Gasteiger partial charge in [-0.05, 0) is 85.0 Å². The molecule has 0 heterocycles. The maximum atomic E-state index is 5.08. The molecule has 2 aromatic carbocycles. The molecule has 0 atom stereocenters. The summed E-state index contributed by atoms with van der Waals surface area (Å²) < 4.78 is 0. The first kappa shape index (κ1) is 29.3. The summed E-state index contributed by atoms with van der Waals surface area (Å²) in [4.78, 5) is 10.2. The predicted octanol–water partition coefficient (Wildman–Crippen LogP) is 9.16. The van der Waals surface area contributed by atoms with Crippen molar-refractivity contribution in [1.29, 1.82) is 0 Å². The molecular weight excluding hydrogens is 447 g/mol. The fourth-order valence-corrected chi connectivity index (χ4v) is 4.40. The second-order valence-corrected chi connectivity index (χ2v) is 8.73. The van der Waals surface area contributed by atoms with Crippen LogP contribution in [0.25, 0.3) is 0 Å². The molecule has 0 bridgehead atoms. The van der Waals surface area contributed by atoms with Gasteiger partial charge in [-0.3, -0.25) is 9.98 Å². The maximum absolute atomic E-state index is 5.08. The summed E-state index contributed by atoms with van der Waals surface area (Å²) in [5.74, 6) is 0. The SMILES string of the molecule is CCCc1ccc(N=C(CC)C(CC)=Nc2ccc(CCC)c(CCC)c2)cc1CCC.[Ni]. The van der Waals surface area contributed by atoms with Gasteiger partial charge in [-0.2, -0.15) is 0 Å². The van der Waals surface area contributed by atoms with E-state index >= 15 is 0 Å². The Balaban J connectivity index is 0.00000544. The molecule has 0 N–H and O–H groups in total. The Kier molecular flexibility index (Phi) is 14.2. The molecule has 0 aliphatic rings. The van der Waals surface area contributed by atoms with Crippen LogP contribution in [0.5, 0.6) is 0 Å². The van der Waals surface area contributed by atoms with Gasteiger partial charge in [0.1, 0.15) is 0 Å². The minimum Gasteiger partial charge on any atom is -0.252 e. The van der Waals surface area contributed by atoms with E-state index in [0.717, 1.165) is 61.3 Å². The normalized spacial score (nSPS) is 12.1. The number of benzene rings is 2. The Morgan fingerprint density at radius 3 is 1.15 bits per heavy atom. The molecule has 2 nitrogen and oxygen atoms in total. The molecule has 0 spiro atoms. The molecule has 0 radical (unpaired) electrons. The monoisotopic (exact) mass is 490 g/mol. The van der Waals surface area contributed by atoms with Crippen LogP contribution in [-0.2, 0) is 42.2 Å². The second-order valence-electron chi connectivity index (χ2n) is 8.73. The van der Waals surface area contributed by atoms with Gasteiger partial charge in [0, 0.05) is 16.5 Å². The molecule has 33 heavy (non-hydrogen) atoms. The number of aliphatic imine (C=N–C) groups is 2. The summed E-state index contributed by atoms with van der Waals surface area (Å²) in [6.45, 7) is 13.4. The first-order chi connectivity index (χ1) is 15.6. The smallest absolute Gasteiger partial charge is 0.0636 e. The zero-order valence-electron chi connectivity index (χ0n) is 21.7. The largest absolute Gasteiger partial charge is 0.252 e. The van der Waals surface area contributed by atoms with Crippen LogP contribution in [0.4, 0.5) is 11.4 Å². The van der Waals surface area contributed by atoms with E-state index in [-0.39, 0.29) is 16.5 Å². The number of rotatable bonds is 13. The predicted molar refractivity (Wildman–Crippen MR) is 144 cm³/mol. The van der Waals surface area contributed by atoms with Crippen molar-refractivity contribution in [3.63, 3.8) is 0 Å². The standard InChI is InChI=1S/C30H44N2.Ni/c1-7-13-23-17-19-27(21-25(23)15-9-3)31-29(11-5)30(12-6)32-28-20-18-24(14-8-2)26(22-28)16-10-4;/h17-22H,7-16H2,1-6H3;. The van der Waals surface area contributed by atoms with E-state index in [1.807, 2.05) is 0 Å². The number of hydrogen-bond donors (Lipinski definition) is 0. The number of hydrogen-bond acceptors (Lipinski definition) is 2. The minimum absolute atomic E-state index is 0. The molecule has 3 heteroatoms. The van der Waals surface area contributed by atoms with Gasteiger partial charge in [0.2, 0.25) is 0 Å². The number of aryl methyl sites for hydroxylation is 4. The van der Waals surface area contributed by atoms with Crippen LogP contribution in [0, 0.1) is 0 Å². The topological polar surface area (TPSA) is 24.7 Å². The van der Waals surface area contributed by atoms with Gasteiger partial charge < -0.3 is 0 Å². The maximum Gasteiger partial charge on any atom is 0.0636 e. The van der Waals surface area contributed by atoms with Crippen molar-refractivity contribution in [2.75, 3.05) is 0 Å². The van der Waals surface area contributed by atoms with Crippen LogP contribution in [0.15, 0.2) is 46.4 Å². The van der Waals surface area contributed by atoms with Crippen LogP contribution in [0.3, 0.4) is 0 Å². The first-order valence-corrected chi connectivity index (χ1v) is 13.0. The summed E-state index contributed by atoms with van der Waals surface area (Å²) in [5, 5.41) is 0. The summed E-state index contributed by atoms with van der Waals surface area (Å²) in [7, 11) is 0. The Morgan fingerprint density at radius 2 is 0.848 bits per heavy atom. The summed E-state index contributed by atoms with van der Waals surface area (Å²) >= 11 is 0. The molecule has 0 fully saturated rings. The minimum atomic E-state index is 0. The molecule has 0 unspecified atom stereocenters. The van der Waals surface area contributed by atoms with Crippen molar-refractivity contribution in [3.05, 3.63) is 58.7 Å². The van der Waals surface area contributed by atoms with Crippen molar-refractivity contribution in [2.24, 2.45) is 9.98 Å². The molecule has 0 aliphatic heterocycles. The van der Waals surface area contributed by atoms with E-state index in [4.69, 9.17) is 9.98 Å². The van der Waals surface area contributed by atoms with E-state index in [2.05, 4.69) is 77.9 Å². The molecule has 0 saturated heterocycles. The average Bonchev–Trinajstić information content (AvgIpc) is 2.80. The average molecular weight is 491 g/mol. The Labute approximate surface area is 213 Å². The van der Waals surface area contributed by atoms with E-state index < -0.39 is 0 Å². The Hall–Kier alpha value is -1.73. The summed E-state index contributed by atoms with van der Waals surface area (Å²) in [5.41, 5.74) is 10.2. The van der Waals surface area contributed by atoms with Crippen molar-refractivity contribution in [2.45, 2.75) is 106 Å². The zero-order chi connectivity index (χ0) is 23.3. The Morgan fingerprint density at radius 1 is 0.515 bits per heavy atom. The molecule has 2 rings (SSSR count). The van der Waals surface area contributed by atoms with Crippen molar-refractivity contribution in [3.8, 4) is 0 Å². The van der Waals surface area contributed by atoms with Crippen molar-refractivity contribution in [1.82, 2.24) is 0 Å². The van der Waals surface area contributed by atoms with E-state index in [1.54, 1.807) is 0 Å². The van der Waals surface area contributed by atoms with Crippen LogP contribution in [0.2, 0.25) is 0 Å². The second kappa shape index (κ2) is 16.0. The van der Waals surface area contributed by atoms with Crippen LogP contribution in [0.1, 0.15) is 102 Å². The Bertz CT molecular complexity index is 836. The van der Waals surface area contributed by atoms with E-state index in [1.165, 1.54) is 47.9 Å². The van der Waals surface area contributed by atoms with Gasteiger partial charge in [-0.15, -0.1) is 0 Å². The van der Waals surface area contributed by atoms with Gasteiger partial charge in [0.05, 0.1) is 22.8 Å². The van der Waals surface area contributed by atoms with Crippen LogP contribution < -0.4 is 0 Å².